The molecule has 39 heavy (non-hydrogen) atoms. The number of hydrogen-bond donors (Lipinski definition) is 1. The molecule has 0 bridgehead atoms. The van der Waals surface area contributed by atoms with Gasteiger partial charge in [0.1, 0.15) is 5.82 Å². The molecule has 0 saturated heterocycles. The molecule has 0 aliphatic rings. The Morgan fingerprint density at radius 2 is 1.77 bits per heavy atom. The molecular weight excluding hydrogens is 554 g/mol. The van der Waals surface area contributed by atoms with Crippen molar-refractivity contribution >= 4 is 54.9 Å². The van der Waals surface area contributed by atoms with Gasteiger partial charge in [-0.3, -0.25) is 4.79 Å². The fraction of sp³-hybridized carbons (Fsp3) is 0.179. The van der Waals surface area contributed by atoms with Crippen molar-refractivity contribution in [3.8, 4) is 5.13 Å². The number of anilines is 1. The van der Waals surface area contributed by atoms with Crippen LogP contribution in [-0.4, -0.2) is 39.9 Å². The summed E-state index contributed by atoms with van der Waals surface area (Å²) < 4.78 is 30.4. The first-order chi connectivity index (χ1) is 18.7. The van der Waals surface area contributed by atoms with Crippen molar-refractivity contribution in [2.24, 2.45) is 0 Å². The first kappa shape index (κ1) is 27.0. The summed E-state index contributed by atoms with van der Waals surface area (Å²) in [6.45, 7) is 6.17. The van der Waals surface area contributed by atoms with Gasteiger partial charge in [-0.2, -0.15) is 14.1 Å². The molecule has 0 atom stereocenters. The minimum Gasteiger partial charge on any atom is -0.306 e. The highest BCUT2D eigenvalue weighted by Gasteiger charge is 2.24. The van der Waals surface area contributed by atoms with Crippen LogP contribution in [0.5, 0.6) is 0 Å². The SMILES string of the molecule is CCN(Cc1ccccc1)S(=O)(=O)c1ccc(C(=O)Nc2cc(C)nn2-c2nc3c(C)ccc(Cl)c3s2)cc1. The Bertz CT molecular complexity index is 1730. The molecule has 0 saturated carbocycles. The van der Waals surface area contributed by atoms with Crippen LogP contribution in [-0.2, 0) is 16.6 Å². The predicted molar refractivity (Wildman–Crippen MR) is 155 cm³/mol. The second-order valence-corrected chi connectivity index (χ2v) is 12.3. The second kappa shape index (κ2) is 10.9. The van der Waals surface area contributed by atoms with Gasteiger partial charge in [0.05, 0.1) is 25.8 Å². The standard InChI is InChI=1S/C28H26ClN5O3S2/c1-4-33(17-20-8-6-5-7-9-20)39(36,37)22-13-11-21(12-14-22)27(35)30-24-16-19(3)32-34(24)28-31-25-18(2)10-15-23(29)26(25)38-28/h5-16H,4,17H2,1-3H3,(H,30,35). The zero-order chi connectivity index (χ0) is 27.7. The van der Waals surface area contributed by atoms with Gasteiger partial charge in [-0.1, -0.05) is 66.3 Å². The lowest BCUT2D eigenvalue weighted by Crippen LogP contribution is -2.30. The van der Waals surface area contributed by atoms with Gasteiger partial charge in [-0.25, -0.2) is 13.4 Å². The number of hydrogen-bond acceptors (Lipinski definition) is 6. The maximum Gasteiger partial charge on any atom is 0.256 e. The molecule has 8 nitrogen and oxygen atoms in total. The highest BCUT2D eigenvalue weighted by molar-refractivity contribution is 7.89. The highest BCUT2D eigenvalue weighted by atomic mass is 35.5. The number of nitrogens with one attached hydrogen (secondary N) is 1. The van der Waals surface area contributed by atoms with Crippen molar-refractivity contribution in [1.82, 2.24) is 19.1 Å². The largest absolute Gasteiger partial charge is 0.306 e. The lowest BCUT2D eigenvalue weighted by molar-refractivity contribution is 0.102. The molecule has 0 fully saturated rings. The number of fused-ring (bicyclic) bond motifs is 1. The molecule has 3 aromatic carbocycles. The van der Waals surface area contributed by atoms with E-state index in [2.05, 4.69) is 10.4 Å². The van der Waals surface area contributed by atoms with E-state index in [1.165, 1.54) is 39.9 Å². The number of carbonyl (C=O) groups is 1. The molecule has 0 unspecified atom stereocenters. The molecule has 5 rings (SSSR count). The third-order valence-electron chi connectivity index (χ3n) is 6.25. The van der Waals surface area contributed by atoms with Crippen LogP contribution >= 0.6 is 22.9 Å². The topological polar surface area (TPSA) is 97.2 Å². The third kappa shape index (κ3) is 5.46. The number of nitrogens with zero attached hydrogens (tertiary/aromatic N) is 4. The third-order valence-corrected chi connectivity index (χ3v) is 9.68. The zero-order valence-corrected chi connectivity index (χ0v) is 23.9. The van der Waals surface area contributed by atoms with E-state index >= 15 is 0 Å². The summed E-state index contributed by atoms with van der Waals surface area (Å²) in [7, 11) is -3.74. The van der Waals surface area contributed by atoms with E-state index in [-0.39, 0.29) is 11.4 Å². The summed E-state index contributed by atoms with van der Waals surface area (Å²) in [6, 6.07) is 20.9. The number of thiazole rings is 1. The fourth-order valence-electron chi connectivity index (χ4n) is 4.19. The molecule has 5 aromatic rings. The number of benzene rings is 3. The van der Waals surface area contributed by atoms with E-state index in [1.54, 1.807) is 17.7 Å². The van der Waals surface area contributed by atoms with Gasteiger partial charge < -0.3 is 5.32 Å². The van der Waals surface area contributed by atoms with Gasteiger partial charge in [0.2, 0.25) is 15.2 Å². The van der Waals surface area contributed by atoms with Crippen molar-refractivity contribution in [2.75, 3.05) is 11.9 Å². The number of halogens is 1. The van der Waals surface area contributed by atoms with E-state index in [0.29, 0.717) is 33.8 Å². The summed E-state index contributed by atoms with van der Waals surface area (Å²) >= 11 is 7.76. The summed E-state index contributed by atoms with van der Waals surface area (Å²) in [5.41, 5.74) is 3.70. The summed E-state index contributed by atoms with van der Waals surface area (Å²) in [5.74, 6) is 0.0501. The van der Waals surface area contributed by atoms with E-state index in [4.69, 9.17) is 16.6 Å². The Morgan fingerprint density at radius 1 is 1.05 bits per heavy atom. The number of sulfonamides is 1. The van der Waals surface area contributed by atoms with E-state index in [1.807, 2.05) is 56.3 Å². The van der Waals surface area contributed by atoms with Crippen molar-refractivity contribution in [3.63, 3.8) is 0 Å². The molecule has 0 radical (unpaired) electrons. The van der Waals surface area contributed by atoms with E-state index in [0.717, 1.165) is 21.3 Å². The lowest BCUT2D eigenvalue weighted by Gasteiger charge is -2.20. The monoisotopic (exact) mass is 579 g/mol. The molecule has 1 amide bonds. The normalized spacial score (nSPS) is 11.8. The van der Waals surface area contributed by atoms with Gasteiger partial charge in [-0.15, -0.1) is 0 Å². The summed E-state index contributed by atoms with van der Waals surface area (Å²) in [6.07, 6.45) is 0. The molecule has 11 heteroatoms. The molecule has 1 N–H and O–H groups in total. The Hall–Kier alpha value is -3.57. The first-order valence-electron chi connectivity index (χ1n) is 12.3. The first-order valence-corrected chi connectivity index (χ1v) is 14.9. The Balaban J connectivity index is 1.37. The number of aryl methyl sites for hydroxylation is 2. The van der Waals surface area contributed by atoms with Crippen LogP contribution in [0, 0.1) is 13.8 Å². The zero-order valence-electron chi connectivity index (χ0n) is 21.6. The van der Waals surface area contributed by atoms with Gasteiger partial charge in [-0.05, 0) is 55.3 Å². The number of aromatic nitrogens is 3. The average Bonchev–Trinajstić information content (AvgIpc) is 3.54. The lowest BCUT2D eigenvalue weighted by atomic mass is 10.2. The van der Waals surface area contributed by atoms with Crippen LogP contribution in [0.15, 0.2) is 77.7 Å². The van der Waals surface area contributed by atoms with Crippen LogP contribution in [0.3, 0.4) is 0 Å². The summed E-state index contributed by atoms with van der Waals surface area (Å²) in [4.78, 5) is 18.0. The van der Waals surface area contributed by atoms with Gasteiger partial charge in [0.15, 0.2) is 0 Å². The fourth-order valence-corrected chi connectivity index (χ4v) is 6.90. The molecule has 0 aliphatic heterocycles. The minimum atomic E-state index is -3.74. The minimum absolute atomic E-state index is 0.124. The Labute approximate surface area is 235 Å². The highest BCUT2D eigenvalue weighted by Crippen LogP contribution is 2.34. The summed E-state index contributed by atoms with van der Waals surface area (Å²) in [5, 5.41) is 8.57. The van der Waals surface area contributed by atoms with Gasteiger partial charge in [0, 0.05) is 24.7 Å². The predicted octanol–water partition coefficient (Wildman–Crippen LogP) is 6.22. The van der Waals surface area contributed by atoms with Crippen molar-refractivity contribution < 1.29 is 13.2 Å². The van der Waals surface area contributed by atoms with Crippen LogP contribution < -0.4 is 5.32 Å². The maximum absolute atomic E-state index is 13.3. The number of carbonyl (C=O) groups excluding carboxylic acids is 1. The second-order valence-electron chi connectivity index (χ2n) is 9.02. The molecule has 2 heterocycles. The smallest absolute Gasteiger partial charge is 0.256 e. The number of amides is 1. The number of rotatable bonds is 8. The molecule has 200 valence electrons. The van der Waals surface area contributed by atoms with E-state index in [9.17, 15) is 13.2 Å². The quantitative estimate of drug-likeness (QED) is 0.235. The van der Waals surface area contributed by atoms with Crippen LogP contribution in [0.25, 0.3) is 15.3 Å². The Morgan fingerprint density at radius 3 is 2.44 bits per heavy atom. The van der Waals surface area contributed by atoms with Crippen LogP contribution in [0.1, 0.15) is 34.1 Å². The maximum atomic E-state index is 13.3. The average molecular weight is 580 g/mol. The Kier molecular flexibility index (Phi) is 7.55. The van der Waals surface area contributed by atoms with Crippen molar-refractivity contribution in [1.29, 1.82) is 0 Å². The van der Waals surface area contributed by atoms with Crippen LogP contribution in [0.4, 0.5) is 5.82 Å². The molecule has 2 aromatic heterocycles. The van der Waals surface area contributed by atoms with Crippen molar-refractivity contribution in [3.05, 3.63) is 100 Å². The molecule has 0 aliphatic carbocycles. The molecular formula is C28H26ClN5O3S2. The van der Waals surface area contributed by atoms with Gasteiger partial charge >= 0.3 is 0 Å². The van der Waals surface area contributed by atoms with Crippen LogP contribution in [0.2, 0.25) is 5.02 Å². The van der Waals surface area contributed by atoms with Crippen molar-refractivity contribution in [2.45, 2.75) is 32.2 Å². The van der Waals surface area contributed by atoms with E-state index < -0.39 is 15.9 Å². The molecule has 0 spiro atoms. The van der Waals surface area contributed by atoms with Gasteiger partial charge in [0.25, 0.3) is 5.91 Å².